The Bertz CT molecular complexity index is 437. The maximum absolute atomic E-state index is 13.3. The largest absolute Gasteiger partial charge is 0.364 e. The standard InChI is InChI=1S/C14H18F3NO/c1-3-14(4-2)8-18-7-12(19-14)9-5-10(15)13(17)11(16)6-9/h5-6,12,18H,3-4,7-8H2,1-2H3. The van der Waals surface area contributed by atoms with E-state index in [0.29, 0.717) is 18.7 Å². The molecule has 106 valence electrons. The van der Waals surface area contributed by atoms with E-state index in [1.165, 1.54) is 0 Å². The van der Waals surface area contributed by atoms with Gasteiger partial charge in [-0.05, 0) is 30.5 Å². The number of hydrogen-bond acceptors (Lipinski definition) is 2. The van der Waals surface area contributed by atoms with Gasteiger partial charge in [0.15, 0.2) is 17.5 Å². The predicted octanol–water partition coefficient (Wildman–Crippen LogP) is 3.32. The molecule has 0 spiro atoms. The maximum Gasteiger partial charge on any atom is 0.194 e. The molecule has 1 aliphatic rings. The van der Waals surface area contributed by atoms with E-state index in [0.717, 1.165) is 25.0 Å². The zero-order valence-electron chi connectivity index (χ0n) is 11.1. The van der Waals surface area contributed by atoms with Crippen molar-refractivity contribution in [2.75, 3.05) is 13.1 Å². The zero-order chi connectivity index (χ0) is 14.0. The lowest BCUT2D eigenvalue weighted by molar-refractivity contribution is -0.122. The van der Waals surface area contributed by atoms with Gasteiger partial charge in [-0.2, -0.15) is 0 Å². The van der Waals surface area contributed by atoms with Gasteiger partial charge in [-0.3, -0.25) is 0 Å². The van der Waals surface area contributed by atoms with Crippen LogP contribution in [0.5, 0.6) is 0 Å². The lowest BCUT2D eigenvalue weighted by atomic mass is 9.93. The highest BCUT2D eigenvalue weighted by Crippen LogP contribution is 2.32. The molecule has 0 aliphatic carbocycles. The number of benzene rings is 1. The fraction of sp³-hybridized carbons (Fsp3) is 0.571. The quantitative estimate of drug-likeness (QED) is 0.853. The minimum atomic E-state index is -1.44. The number of morpholine rings is 1. The van der Waals surface area contributed by atoms with Gasteiger partial charge in [-0.15, -0.1) is 0 Å². The van der Waals surface area contributed by atoms with Crippen LogP contribution in [0, 0.1) is 17.5 Å². The summed E-state index contributed by atoms with van der Waals surface area (Å²) in [5.74, 6) is -3.80. The monoisotopic (exact) mass is 273 g/mol. The summed E-state index contributed by atoms with van der Waals surface area (Å²) in [6, 6.07) is 2.01. The normalized spacial score (nSPS) is 22.5. The maximum atomic E-state index is 13.3. The summed E-state index contributed by atoms with van der Waals surface area (Å²) in [5, 5.41) is 3.22. The van der Waals surface area contributed by atoms with Crippen molar-refractivity contribution in [1.29, 1.82) is 0 Å². The second-order valence-corrected chi connectivity index (χ2v) is 4.93. The number of hydrogen-bond donors (Lipinski definition) is 1. The molecule has 1 fully saturated rings. The molecule has 1 aliphatic heterocycles. The fourth-order valence-corrected chi connectivity index (χ4v) is 2.43. The molecule has 5 heteroatoms. The molecule has 1 aromatic rings. The van der Waals surface area contributed by atoms with E-state index in [2.05, 4.69) is 5.32 Å². The molecule has 1 heterocycles. The summed E-state index contributed by atoms with van der Waals surface area (Å²) in [6.07, 6.45) is 1.15. The van der Waals surface area contributed by atoms with Crippen LogP contribution < -0.4 is 5.32 Å². The van der Waals surface area contributed by atoms with Crippen LogP contribution in [-0.4, -0.2) is 18.7 Å². The predicted molar refractivity (Wildman–Crippen MR) is 66.3 cm³/mol. The van der Waals surface area contributed by atoms with Crippen LogP contribution >= 0.6 is 0 Å². The van der Waals surface area contributed by atoms with E-state index < -0.39 is 23.6 Å². The summed E-state index contributed by atoms with van der Waals surface area (Å²) < 4.78 is 45.5. The molecule has 0 aromatic heterocycles. The van der Waals surface area contributed by atoms with Crippen LogP contribution in [0.1, 0.15) is 38.4 Å². The van der Waals surface area contributed by atoms with Crippen LogP contribution in [-0.2, 0) is 4.74 Å². The van der Waals surface area contributed by atoms with Gasteiger partial charge in [0.1, 0.15) is 0 Å². The third kappa shape index (κ3) is 2.77. The lowest BCUT2D eigenvalue weighted by Crippen LogP contribution is -2.50. The first-order valence-corrected chi connectivity index (χ1v) is 6.54. The van der Waals surface area contributed by atoms with E-state index >= 15 is 0 Å². The molecule has 1 aromatic carbocycles. The van der Waals surface area contributed by atoms with Crippen molar-refractivity contribution < 1.29 is 17.9 Å². The van der Waals surface area contributed by atoms with Crippen molar-refractivity contribution in [2.45, 2.75) is 38.4 Å². The van der Waals surface area contributed by atoms with Crippen LogP contribution in [0.3, 0.4) is 0 Å². The van der Waals surface area contributed by atoms with Gasteiger partial charge in [0, 0.05) is 13.1 Å². The Hall–Kier alpha value is -1.07. The smallest absolute Gasteiger partial charge is 0.194 e. The van der Waals surface area contributed by atoms with Gasteiger partial charge >= 0.3 is 0 Å². The van der Waals surface area contributed by atoms with Gasteiger partial charge in [0.25, 0.3) is 0 Å². The Balaban J connectivity index is 2.27. The molecular formula is C14H18F3NO. The third-order valence-corrected chi connectivity index (χ3v) is 3.84. The molecule has 1 atom stereocenters. The SMILES string of the molecule is CCC1(CC)CNCC(c2cc(F)c(F)c(F)c2)O1. The lowest BCUT2D eigenvalue weighted by Gasteiger charge is -2.41. The molecule has 1 saturated heterocycles. The summed E-state index contributed by atoms with van der Waals surface area (Å²) >= 11 is 0. The van der Waals surface area contributed by atoms with Gasteiger partial charge in [-0.25, -0.2) is 13.2 Å². The van der Waals surface area contributed by atoms with Crippen LogP contribution in [0.25, 0.3) is 0 Å². The summed E-state index contributed by atoms with van der Waals surface area (Å²) in [6.45, 7) is 5.20. The Kier molecular flexibility index (Phi) is 4.16. The summed E-state index contributed by atoms with van der Waals surface area (Å²) in [4.78, 5) is 0. The molecule has 1 unspecified atom stereocenters. The topological polar surface area (TPSA) is 21.3 Å². The van der Waals surface area contributed by atoms with Crippen LogP contribution in [0.2, 0.25) is 0 Å². The third-order valence-electron chi connectivity index (χ3n) is 3.84. The van der Waals surface area contributed by atoms with Gasteiger partial charge in [0.2, 0.25) is 0 Å². The van der Waals surface area contributed by atoms with E-state index in [9.17, 15) is 13.2 Å². The molecule has 1 N–H and O–H groups in total. The van der Waals surface area contributed by atoms with Crippen molar-refractivity contribution in [3.05, 3.63) is 35.1 Å². The van der Waals surface area contributed by atoms with Gasteiger partial charge in [-0.1, -0.05) is 13.8 Å². The second kappa shape index (κ2) is 5.51. The van der Waals surface area contributed by atoms with Gasteiger partial charge < -0.3 is 10.1 Å². The Morgan fingerprint density at radius 1 is 1.21 bits per heavy atom. The Morgan fingerprint density at radius 2 is 1.79 bits per heavy atom. The second-order valence-electron chi connectivity index (χ2n) is 4.93. The molecule has 2 rings (SSSR count). The molecule has 0 bridgehead atoms. The first kappa shape index (κ1) is 14.3. The first-order chi connectivity index (χ1) is 9.01. The van der Waals surface area contributed by atoms with Crippen LogP contribution in [0.15, 0.2) is 12.1 Å². The van der Waals surface area contributed by atoms with Crippen molar-refractivity contribution in [3.8, 4) is 0 Å². The minimum absolute atomic E-state index is 0.329. The highest BCUT2D eigenvalue weighted by Gasteiger charge is 2.35. The average Bonchev–Trinajstić information content (AvgIpc) is 2.44. The number of rotatable bonds is 3. The van der Waals surface area contributed by atoms with Crippen molar-refractivity contribution in [3.63, 3.8) is 0 Å². The highest BCUT2D eigenvalue weighted by molar-refractivity contribution is 5.22. The zero-order valence-corrected chi connectivity index (χ0v) is 11.1. The van der Waals surface area contributed by atoms with Crippen molar-refractivity contribution in [2.24, 2.45) is 0 Å². The molecule has 2 nitrogen and oxygen atoms in total. The van der Waals surface area contributed by atoms with E-state index in [1.807, 2.05) is 13.8 Å². The molecule has 0 saturated carbocycles. The van der Waals surface area contributed by atoms with Gasteiger partial charge in [0.05, 0.1) is 11.7 Å². The Labute approximate surface area is 111 Å². The Morgan fingerprint density at radius 3 is 2.32 bits per heavy atom. The molecule has 19 heavy (non-hydrogen) atoms. The van der Waals surface area contributed by atoms with E-state index in [1.54, 1.807) is 0 Å². The highest BCUT2D eigenvalue weighted by atomic mass is 19.2. The molecular weight excluding hydrogens is 255 g/mol. The molecule has 0 radical (unpaired) electrons. The van der Waals surface area contributed by atoms with Crippen LogP contribution in [0.4, 0.5) is 13.2 Å². The average molecular weight is 273 g/mol. The number of nitrogens with one attached hydrogen (secondary N) is 1. The van der Waals surface area contributed by atoms with Crippen molar-refractivity contribution >= 4 is 0 Å². The van der Waals surface area contributed by atoms with E-state index in [-0.39, 0.29) is 5.60 Å². The van der Waals surface area contributed by atoms with Crippen molar-refractivity contribution in [1.82, 2.24) is 5.32 Å². The first-order valence-electron chi connectivity index (χ1n) is 6.54. The molecule has 0 amide bonds. The number of ether oxygens (including phenoxy) is 1. The van der Waals surface area contributed by atoms with E-state index in [4.69, 9.17) is 4.74 Å². The minimum Gasteiger partial charge on any atom is -0.364 e. The summed E-state index contributed by atoms with van der Waals surface area (Å²) in [5.41, 5.74) is -0.000524. The number of halogens is 3. The summed E-state index contributed by atoms with van der Waals surface area (Å²) in [7, 11) is 0. The fourth-order valence-electron chi connectivity index (χ4n) is 2.43.